The number of nitrogens with one attached hydrogen (secondary N) is 3. The molecule has 6 nitrogen and oxygen atoms in total. The molecule has 0 aliphatic carbocycles. The standard InChI is InChI=1S/C15H28N4O2S2/c1-12(9-13-7-6-8-22-13)10-17-14(16-4)18-11-15(2,3)19-23(5,20)21/h6-8,12,19H,9-11H2,1-5H3,(H2,16,17,18). The lowest BCUT2D eigenvalue weighted by Crippen LogP contribution is -2.53. The van der Waals surface area contributed by atoms with Crippen LogP contribution in [0.1, 0.15) is 25.6 Å². The highest BCUT2D eigenvalue weighted by molar-refractivity contribution is 7.88. The van der Waals surface area contributed by atoms with Gasteiger partial charge in [0.25, 0.3) is 0 Å². The number of thiophene rings is 1. The number of hydrogen-bond acceptors (Lipinski definition) is 4. The number of hydrogen-bond donors (Lipinski definition) is 3. The average Bonchev–Trinajstić information content (AvgIpc) is 2.88. The topological polar surface area (TPSA) is 82.6 Å². The molecule has 0 spiro atoms. The van der Waals surface area contributed by atoms with Crippen LogP contribution in [0.5, 0.6) is 0 Å². The Labute approximate surface area is 143 Å². The number of rotatable bonds is 8. The number of aliphatic imine (C=N–C) groups is 1. The molecule has 132 valence electrons. The Hall–Kier alpha value is -1.12. The summed E-state index contributed by atoms with van der Waals surface area (Å²) in [5.74, 6) is 1.15. The maximum Gasteiger partial charge on any atom is 0.209 e. The van der Waals surface area contributed by atoms with E-state index >= 15 is 0 Å². The zero-order valence-electron chi connectivity index (χ0n) is 14.5. The lowest BCUT2D eigenvalue weighted by Gasteiger charge is -2.26. The first-order valence-electron chi connectivity index (χ1n) is 7.57. The Balaban J connectivity index is 2.39. The van der Waals surface area contributed by atoms with Crippen LogP contribution in [-0.2, 0) is 16.4 Å². The van der Waals surface area contributed by atoms with Crippen molar-refractivity contribution in [3.63, 3.8) is 0 Å². The first-order chi connectivity index (χ1) is 10.6. The molecular formula is C15H28N4O2S2. The van der Waals surface area contributed by atoms with Crippen LogP contribution in [0.2, 0.25) is 0 Å². The first-order valence-corrected chi connectivity index (χ1v) is 10.3. The van der Waals surface area contributed by atoms with Gasteiger partial charge in [-0.15, -0.1) is 11.3 Å². The fourth-order valence-corrected chi connectivity index (χ4v) is 4.12. The zero-order valence-corrected chi connectivity index (χ0v) is 16.1. The summed E-state index contributed by atoms with van der Waals surface area (Å²) in [5, 5.41) is 8.53. The maximum absolute atomic E-state index is 11.3. The molecule has 1 unspecified atom stereocenters. The van der Waals surface area contributed by atoms with Crippen LogP contribution in [0.3, 0.4) is 0 Å². The van der Waals surface area contributed by atoms with E-state index in [1.54, 1.807) is 18.4 Å². The summed E-state index contributed by atoms with van der Waals surface area (Å²) in [7, 11) is -1.54. The molecule has 0 radical (unpaired) electrons. The van der Waals surface area contributed by atoms with E-state index in [9.17, 15) is 8.42 Å². The van der Waals surface area contributed by atoms with E-state index in [-0.39, 0.29) is 0 Å². The van der Waals surface area contributed by atoms with Gasteiger partial charge in [-0.2, -0.15) is 0 Å². The third-order valence-corrected chi connectivity index (χ3v) is 4.95. The summed E-state index contributed by atoms with van der Waals surface area (Å²) >= 11 is 1.77. The van der Waals surface area contributed by atoms with E-state index in [4.69, 9.17) is 0 Å². The molecule has 23 heavy (non-hydrogen) atoms. The van der Waals surface area contributed by atoms with E-state index in [0.717, 1.165) is 19.2 Å². The van der Waals surface area contributed by atoms with Crippen molar-refractivity contribution in [2.75, 3.05) is 26.4 Å². The van der Waals surface area contributed by atoms with E-state index in [0.29, 0.717) is 18.4 Å². The van der Waals surface area contributed by atoms with Crippen LogP contribution in [0, 0.1) is 5.92 Å². The van der Waals surface area contributed by atoms with Gasteiger partial charge in [0, 0.05) is 30.6 Å². The summed E-state index contributed by atoms with van der Waals surface area (Å²) < 4.78 is 25.3. The summed E-state index contributed by atoms with van der Waals surface area (Å²) in [5.41, 5.74) is -0.589. The van der Waals surface area contributed by atoms with Crippen LogP contribution in [-0.4, -0.2) is 46.3 Å². The predicted molar refractivity (Wildman–Crippen MR) is 98.6 cm³/mol. The molecule has 1 aromatic heterocycles. The van der Waals surface area contributed by atoms with E-state index < -0.39 is 15.6 Å². The normalized spacial score (nSPS) is 14.6. The molecule has 0 amide bonds. The van der Waals surface area contributed by atoms with Crippen LogP contribution in [0.15, 0.2) is 22.5 Å². The van der Waals surface area contributed by atoms with Crippen LogP contribution < -0.4 is 15.4 Å². The van der Waals surface area contributed by atoms with Gasteiger partial charge in [0.15, 0.2) is 5.96 Å². The van der Waals surface area contributed by atoms with Crippen molar-refractivity contribution in [2.45, 2.75) is 32.7 Å². The van der Waals surface area contributed by atoms with Gasteiger partial charge in [0.1, 0.15) is 0 Å². The summed E-state index contributed by atoms with van der Waals surface area (Å²) in [4.78, 5) is 5.55. The van der Waals surface area contributed by atoms with E-state index in [1.807, 2.05) is 13.8 Å². The van der Waals surface area contributed by atoms with Crippen molar-refractivity contribution < 1.29 is 8.42 Å². The van der Waals surface area contributed by atoms with E-state index in [2.05, 4.69) is 44.8 Å². The number of sulfonamides is 1. The molecule has 0 aliphatic heterocycles. The second-order valence-electron chi connectivity index (χ2n) is 6.45. The molecule has 8 heteroatoms. The highest BCUT2D eigenvalue weighted by atomic mass is 32.2. The van der Waals surface area contributed by atoms with Gasteiger partial charge in [-0.05, 0) is 37.6 Å². The van der Waals surface area contributed by atoms with Gasteiger partial charge >= 0.3 is 0 Å². The number of nitrogens with zero attached hydrogens (tertiary/aromatic N) is 1. The third-order valence-electron chi connectivity index (χ3n) is 3.13. The van der Waals surface area contributed by atoms with Gasteiger partial charge in [-0.3, -0.25) is 4.99 Å². The largest absolute Gasteiger partial charge is 0.356 e. The molecule has 1 aromatic rings. The third kappa shape index (κ3) is 8.92. The van der Waals surface area contributed by atoms with Crippen molar-refractivity contribution in [1.82, 2.24) is 15.4 Å². The summed E-state index contributed by atoms with van der Waals surface area (Å²) in [6, 6.07) is 4.21. The van der Waals surface area contributed by atoms with Crippen molar-refractivity contribution in [3.8, 4) is 0 Å². The van der Waals surface area contributed by atoms with Gasteiger partial charge in [-0.25, -0.2) is 13.1 Å². The van der Waals surface area contributed by atoms with Crippen LogP contribution in [0.25, 0.3) is 0 Å². The molecule has 1 atom stereocenters. The van der Waals surface area contributed by atoms with Crippen molar-refractivity contribution in [2.24, 2.45) is 10.9 Å². The predicted octanol–water partition coefficient (Wildman–Crippen LogP) is 1.42. The second-order valence-corrected chi connectivity index (χ2v) is 9.23. The average molecular weight is 361 g/mol. The molecule has 0 aliphatic rings. The zero-order chi connectivity index (χ0) is 17.5. The molecule has 3 N–H and O–H groups in total. The monoisotopic (exact) mass is 360 g/mol. The van der Waals surface area contributed by atoms with Crippen molar-refractivity contribution in [3.05, 3.63) is 22.4 Å². The summed E-state index contributed by atoms with van der Waals surface area (Å²) in [6.07, 6.45) is 2.19. The first kappa shape index (κ1) is 19.9. The van der Waals surface area contributed by atoms with Crippen LogP contribution in [0.4, 0.5) is 0 Å². The Morgan fingerprint density at radius 2 is 2.09 bits per heavy atom. The molecule has 0 saturated heterocycles. The molecular weight excluding hydrogens is 332 g/mol. The van der Waals surface area contributed by atoms with Gasteiger partial charge in [0.2, 0.25) is 10.0 Å². The van der Waals surface area contributed by atoms with Crippen molar-refractivity contribution in [1.29, 1.82) is 0 Å². The van der Waals surface area contributed by atoms with Gasteiger partial charge in [0.05, 0.1) is 6.26 Å². The Kier molecular flexibility index (Phi) is 7.50. The molecule has 0 bridgehead atoms. The van der Waals surface area contributed by atoms with Gasteiger partial charge < -0.3 is 10.6 Å². The minimum Gasteiger partial charge on any atom is -0.356 e. The second kappa shape index (κ2) is 8.65. The quantitative estimate of drug-likeness (QED) is 0.484. The maximum atomic E-state index is 11.3. The minimum absolute atomic E-state index is 0.444. The lowest BCUT2D eigenvalue weighted by atomic mass is 10.1. The van der Waals surface area contributed by atoms with Crippen molar-refractivity contribution >= 4 is 27.3 Å². The van der Waals surface area contributed by atoms with Gasteiger partial charge in [-0.1, -0.05) is 13.0 Å². The highest BCUT2D eigenvalue weighted by Crippen LogP contribution is 2.13. The van der Waals surface area contributed by atoms with Crippen LogP contribution >= 0.6 is 11.3 Å². The fourth-order valence-electron chi connectivity index (χ4n) is 2.18. The molecule has 0 aromatic carbocycles. The Bertz CT molecular complexity index is 595. The fraction of sp³-hybridized carbons (Fsp3) is 0.667. The lowest BCUT2D eigenvalue weighted by molar-refractivity contribution is 0.445. The highest BCUT2D eigenvalue weighted by Gasteiger charge is 2.22. The molecule has 0 saturated carbocycles. The SMILES string of the molecule is CN=C(NCC(C)Cc1cccs1)NCC(C)(C)NS(C)(=O)=O. The Morgan fingerprint density at radius 1 is 1.39 bits per heavy atom. The summed E-state index contributed by atoms with van der Waals surface area (Å²) in [6.45, 7) is 7.09. The molecule has 0 fully saturated rings. The smallest absolute Gasteiger partial charge is 0.209 e. The minimum atomic E-state index is -3.24. The molecule has 1 heterocycles. The Morgan fingerprint density at radius 3 is 2.61 bits per heavy atom. The van der Waals surface area contributed by atoms with E-state index in [1.165, 1.54) is 4.88 Å². The number of guanidine groups is 1. The molecule has 1 rings (SSSR count).